The number of benzene rings is 1. The Balaban J connectivity index is 2.35. The van der Waals surface area contributed by atoms with Crippen molar-refractivity contribution in [1.29, 1.82) is 0 Å². The maximum absolute atomic E-state index is 11.4. The van der Waals surface area contributed by atoms with E-state index in [9.17, 15) is 9.70 Å². The van der Waals surface area contributed by atoms with Crippen LogP contribution >= 0.6 is 0 Å². The molecule has 0 fully saturated rings. The van der Waals surface area contributed by atoms with Crippen LogP contribution in [0, 0.1) is 4.91 Å². The first kappa shape index (κ1) is 10.3. The lowest BCUT2D eigenvalue weighted by molar-refractivity contribution is -0.118. The highest BCUT2D eigenvalue weighted by Crippen LogP contribution is 2.19. The van der Waals surface area contributed by atoms with Crippen molar-refractivity contribution in [2.75, 3.05) is 6.73 Å². The summed E-state index contributed by atoms with van der Waals surface area (Å²) in [6, 6.07) is 8.83. The van der Waals surface area contributed by atoms with Gasteiger partial charge < -0.3 is 10.2 Å². The highest BCUT2D eigenvalue weighted by Gasteiger charge is 2.29. The van der Waals surface area contributed by atoms with E-state index in [-0.39, 0.29) is 6.73 Å². The van der Waals surface area contributed by atoms with Gasteiger partial charge in [-0.25, -0.2) is 0 Å². The minimum atomic E-state index is -0.804. The Morgan fingerprint density at radius 3 is 2.75 bits per heavy atom. The maximum Gasteiger partial charge on any atom is 0.301 e. The molecular formula is C10H9N3O3. The average molecular weight is 219 g/mol. The van der Waals surface area contributed by atoms with E-state index in [0.29, 0.717) is 11.4 Å². The van der Waals surface area contributed by atoms with Gasteiger partial charge in [0.15, 0.2) is 12.6 Å². The third-order valence-corrected chi connectivity index (χ3v) is 2.22. The van der Waals surface area contributed by atoms with Crippen molar-refractivity contribution < 1.29 is 9.63 Å². The second kappa shape index (κ2) is 4.52. The number of amidine groups is 1. The first-order valence-electron chi connectivity index (χ1n) is 4.69. The number of rotatable bonds is 3. The van der Waals surface area contributed by atoms with Crippen LogP contribution in [0.4, 0.5) is 0 Å². The summed E-state index contributed by atoms with van der Waals surface area (Å²) in [4.78, 5) is 26.5. The van der Waals surface area contributed by atoms with Gasteiger partial charge in [0, 0.05) is 5.18 Å². The van der Waals surface area contributed by atoms with Crippen molar-refractivity contribution in [2.45, 2.75) is 5.92 Å². The van der Waals surface area contributed by atoms with Gasteiger partial charge in [0.2, 0.25) is 0 Å². The van der Waals surface area contributed by atoms with E-state index in [1.165, 1.54) is 0 Å². The van der Waals surface area contributed by atoms with Crippen LogP contribution in [0.5, 0.6) is 0 Å². The van der Waals surface area contributed by atoms with Crippen LogP contribution in [-0.2, 0) is 9.63 Å². The topological polar surface area (TPSA) is 80.1 Å². The Morgan fingerprint density at radius 2 is 2.19 bits per heavy atom. The first-order chi connectivity index (χ1) is 7.83. The molecule has 0 aromatic heterocycles. The number of hydrogen-bond donors (Lipinski definition) is 1. The Hall–Kier alpha value is -2.24. The van der Waals surface area contributed by atoms with Crippen molar-refractivity contribution in [2.24, 2.45) is 10.3 Å². The molecule has 0 spiro atoms. The molecule has 82 valence electrons. The van der Waals surface area contributed by atoms with Crippen LogP contribution in [0.25, 0.3) is 0 Å². The predicted octanol–water partition coefficient (Wildman–Crippen LogP) is 0.954. The molecule has 1 aliphatic rings. The van der Waals surface area contributed by atoms with E-state index in [0.717, 1.165) is 0 Å². The quantitative estimate of drug-likeness (QED) is 0.767. The van der Waals surface area contributed by atoms with Crippen molar-refractivity contribution in [3.05, 3.63) is 40.8 Å². The number of nitroso groups, excluding NO2 is 1. The largest absolute Gasteiger partial charge is 0.372 e. The van der Waals surface area contributed by atoms with Crippen molar-refractivity contribution >= 4 is 11.7 Å². The summed E-state index contributed by atoms with van der Waals surface area (Å²) in [5.74, 6) is -1.28. The van der Waals surface area contributed by atoms with Crippen molar-refractivity contribution in [1.82, 2.24) is 5.32 Å². The molecule has 6 heteroatoms. The number of oxime groups is 1. The molecule has 2 rings (SSSR count). The van der Waals surface area contributed by atoms with Crippen LogP contribution in [0.3, 0.4) is 0 Å². The molecule has 1 heterocycles. The SMILES string of the molecule is O=NC(=O)C(C1=NOCN1)c1ccccc1. The number of amides is 1. The average Bonchev–Trinajstić information content (AvgIpc) is 2.84. The fourth-order valence-electron chi connectivity index (χ4n) is 1.51. The van der Waals surface area contributed by atoms with E-state index < -0.39 is 11.8 Å². The fraction of sp³-hybridized carbons (Fsp3) is 0.200. The molecule has 1 amide bonds. The molecular weight excluding hydrogens is 210 g/mol. The zero-order valence-corrected chi connectivity index (χ0v) is 8.29. The zero-order valence-electron chi connectivity index (χ0n) is 8.29. The van der Waals surface area contributed by atoms with E-state index in [2.05, 4.69) is 15.6 Å². The molecule has 0 aliphatic carbocycles. The van der Waals surface area contributed by atoms with Crippen LogP contribution in [-0.4, -0.2) is 18.5 Å². The second-order valence-electron chi connectivity index (χ2n) is 3.20. The number of nitrogens with zero attached hydrogens (tertiary/aromatic N) is 2. The molecule has 1 atom stereocenters. The lowest BCUT2D eigenvalue weighted by atomic mass is 9.97. The molecule has 0 bridgehead atoms. The fourth-order valence-corrected chi connectivity index (χ4v) is 1.51. The summed E-state index contributed by atoms with van der Waals surface area (Å²) in [6.45, 7) is 0.199. The Morgan fingerprint density at radius 1 is 1.44 bits per heavy atom. The van der Waals surface area contributed by atoms with Gasteiger partial charge in [0.1, 0.15) is 5.92 Å². The number of carbonyl (C=O) groups excluding carboxylic acids is 1. The van der Waals surface area contributed by atoms with Gasteiger partial charge in [-0.1, -0.05) is 35.5 Å². The molecule has 6 nitrogen and oxygen atoms in total. The molecule has 1 aromatic carbocycles. The van der Waals surface area contributed by atoms with E-state index in [4.69, 9.17) is 4.84 Å². The third kappa shape index (κ3) is 1.90. The first-order valence-corrected chi connectivity index (χ1v) is 4.69. The van der Waals surface area contributed by atoms with Crippen LogP contribution in [0.1, 0.15) is 11.5 Å². The number of carbonyl (C=O) groups is 1. The Bertz CT molecular complexity index is 430. The minimum Gasteiger partial charge on any atom is -0.372 e. The normalized spacial score (nSPS) is 15.6. The molecule has 16 heavy (non-hydrogen) atoms. The van der Waals surface area contributed by atoms with Gasteiger partial charge >= 0.3 is 5.91 Å². The highest BCUT2D eigenvalue weighted by atomic mass is 16.6. The Labute approximate surface area is 91.3 Å². The summed E-state index contributed by atoms with van der Waals surface area (Å²) < 4.78 is 0. The van der Waals surface area contributed by atoms with Crippen molar-refractivity contribution in [3.63, 3.8) is 0 Å². The molecule has 0 radical (unpaired) electrons. The smallest absolute Gasteiger partial charge is 0.301 e. The van der Waals surface area contributed by atoms with Crippen LogP contribution < -0.4 is 5.32 Å². The lowest BCUT2D eigenvalue weighted by Crippen LogP contribution is -2.30. The summed E-state index contributed by atoms with van der Waals surface area (Å²) in [5, 5.41) is 8.89. The highest BCUT2D eigenvalue weighted by molar-refractivity contribution is 6.08. The van der Waals surface area contributed by atoms with E-state index >= 15 is 0 Å². The number of nitrogens with one attached hydrogen (secondary N) is 1. The summed E-state index contributed by atoms with van der Waals surface area (Å²) in [6.07, 6.45) is 0. The van der Waals surface area contributed by atoms with E-state index in [1.54, 1.807) is 24.3 Å². The van der Waals surface area contributed by atoms with Gasteiger partial charge in [-0.3, -0.25) is 4.79 Å². The minimum absolute atomic E-state index is 0.199. The van der Waals surface area contributed by atoms with Gasteiger partial charge in [-0.05, 0) is 5.56 Å². The van der Waals surface area contributed by atoms with Gasteiger partial charge in [-0.2, -0.15) is 0 Å². The number of hydrogen-bond acceptors (Lipinski definition) is 5. The second-order valence-corrected chi connectivity index (χ2v) is 3.20. The molecule has 1 unspecified atom stereocenters. The van der Waals surface area contributed by atoms with Crippen LogP contribution in [0.15, 0.2) is 40.7 Å². The molecule has 0 saturated carbocycles. The van der Waals surface area contributed by atoms with Crippen molar-refractivity contribution in [3.8, 4) is 0 Å². The molecule has 1 aromatic rings. The van der Waals surface area contributed by atoms with Gasteiger partial charge in [0.25, 0.3) is 0 Å². The predicted molar refractivity (Wildman–Crippen MR) is 56.5 cm³/mol. The van der Waals surface area contributed by atoms with E-state index in [1.807, 2.05) is 6.07 Å². The van der Waals surface area contributed by atoms with Crippen LogP contribution in [0.2, 0.25) is 0 Å². The molecule has 1 N–H and O–H groups in total. The summed E-state index contributed by atoms with van der Waals surface area (Å²) in [5.41, 5.74) is 0.656. The van der Waals surface area contributed by atoms with Gasteiger partial charge in [-0.15, -0.1) is 4.91 Å². The lowest BCUT2D eigenvalue weighted by Gasteiger charge is -2.10. The third-order valence-electron chi connectivity index (χ3n) is 2.22. The zero-order chi connectivity index (χ0) is 11.4. The molecule has 1 aliphatic heterocycles. The standard InChI is InChI=1S/C10H9N3O3/c14-10(12-15)8(9-11-6-16-13-9)7-4-2-1-3-5-7/h1-5,8H,6H2,(H,11,13). The summed E-state index contributed by atoms with van der Waals surface area (Å²) in [7, 11) is 0. The van der Waals surface area contributed by atoms with Gasteiger partial charge in [0.05, 0.1) is 0 Å². The Kier molecular flexibility index (Phi) is 2.90. The monoisotopic (exact) mass is 219 g/mol. The molecule has 0 saturated heterocycles. The maximum atomic E-state index is 11.4. The summed E-state index contributed by atoms with van der Waals surface area (Å²) >= 11 is 0.